The summed E-state index contributed by atoms with van der Waals surface area (Å²) in [5.74, 6) is -1.52. The fourth-order valence-electron chi connectivity index (χ4n) is 3.38. The van der Waals surface area contributed by atoms with Crippen LogP contribution in [0, 0.1) is 18.2 Å². The number of amides is 2. The summed E-state index contributed by atoms with van der Waals surface area (Å²) in [5.41, 5.74) is 2.52. The summed E-state index contributed by atoms with van der Waals surface area (Å²) >= 11 is 0. The Hall–Kier alpha value is -4.00. The van der Waals surface area contributed by atoms with Crippen LogP contribution in [-0.2, 0) is 0 Å². The van der Waals surface area contributed by atoms with Crippen molar-refractivity contribution in [3.8, 4) is 0 Å². The van der Waals surface area contributed by atoms with Crippen molar-refractivity contribution >= 4 is 29.0 Å². The van der Waals surface area contributed by atoms with Crippen molar-refractivity contribution in [1.82, 2.24) is 4.90 Å². The largest absolute Gasteiger partial charge is 0.356 e. The topological polar surface area (TPSA) is 85.3 Å². The number of amidine groups is 1. The number of nitrogens with one attached hydrogen (secondary N) is 3. The standard InChI is InChI=1S/C25H23FN4O2/c1-16-7-10-18(11-8-16)28-25(32)20-5-2-3-6-22(20)29-24(31)19-12-9-17(15-21(19)26)23(27)30-13-4-14-30/h2-3,5-12,15,27H,4,13-14H2,1H3,(H,28,32)(H,29,31). The lowest BCUT2D eigenvalue weighted by Gasteiger charge is -2.33. The normalized spacial score (nSPS) is 12.6. The quantitative estimate of drug-likeness (QED) is 0.406. The van der Waals surface area contributed by atoms with Gasteiger partial charge < -0.3 is 15.5 Å². The number of rotatable bonds is 5. The highest BCUT2D eigenvalue weighted by Gasteiger charge is 2.21. The summed E-state index contributed by atoms with van der Waals surface area (Å²) in [6.45, 7) is 3.52. The molecule has 1 fully saturated rings. The highest BCUT2D eigenvalue weighted by Crippen LogP contribution is 2.21. The van der Waals surface area contributed by atoms with Crippen LogP contribution in [0.2, 0.25) is 0 Å². The first-order valence-corrected chi connectivity index (χ1v) is 10.3. The van der Waals surface area contributed by atoms with Crippen molar-refractivity contribution in [2.75, 3.05) is 23.7 Å². The predicted molar refractivity (Wildman–Crippen MR) is 123 cm³/mol. The Balaban J connectivity index is 1.50. The molecule has 0 saturated carbocycles. The molecule has 3 N–H and O–H groups in total. The van der Waals surface area contributed by atoms with Crippen LogP contribution in [0.25, 0.3) is 0 Å². The molecule has 1 aliphatic heterocycles. The van der Waals surface area contributed by atoms with Crippen LogP contribution >= 0.6 is 0 Å². The van der Waals surface area contributed by atoms with E-state index in [0.717, 1.165) is 25.1 Å². The van der Waals surface area contributed by atoms with Gasteiger partial charge in [0.25, 0.3) is 11.8 Å². The van der Waals surface area contributed by atoms with Gasteiger partial charge in [-0.1, -0.05) is 35.9 Å². The summed E-state index contributed by atoms with van der Waals surface area (Å²) in [6, 6.07) is 18.0. The van der Waals surface area contributed by atoms with Gasteiger partial charge in [-0.25, -0.2) is 4.39 Å². The van der Waals surface area contributed by atoms with Crippen molar-refractivity contribution in [3.05, 3.63) is 94.8 Å². The molecule has 1 heterocycles. The molecule has 32 heavy (non-hydrogen) atoms. The molecular formula is C25H23FN4O2. The Morgan fingerprint density at radius 3 is 2.25 bits per heavy atom. The number of carbonyl (C=O) groups excluding carboxylic acids is 2. The van der Waals surface area contributed by atoms with Crippen LogP contribution in [0.15, 0.2) is 66.7 Å². The van der Waals surface area contributed by atoms with Gasteiger partial charge in [0.2, 0.25) is 0 Å². The molecule has 3 aromatic carbocycles. The fraction of sp³-hybridized carbons (Fsp3) is 0.160. The van der Waals surface area contributed by atoms with E-state index < -0.39 is 11.7 Å². The number of likely N-dealkylation sites (tertiary alicyclic amines) is 1. The third-order valence-electron chi connectivity index (χ3n) is 5.39. The smallest absolute Gasteiger partial charge is 0.258 e. The van der Waals surface area contributed by atoms with Gasteiger partial charge in [-0.05, 0) is 49.7 Å². The second-order valence-corrected chi connectivity index (χ2v) is 7.70. The minimum absolute atomic E-state index is 0.154. The number of nitrogens with zero attached hydrogens (tertiary/aromatic N) is 1. The lowest BCUT2D eigenvalue weighted by atomic mass is 10.1. The summed E-state index contributed by atoms with van der Waals surface area (Å²) in [7, 11) is 0. The van der Waals surface area contributed by atoms with E-state index in [-0.39, 0.29) is 28.6 Å². The predicted octanol–water partition coefficient (Wildman–Crippen LogP) is 4.67. The van der Waals surface area contributed by atoms with Crippen molar-refractivity contribution in [3.63, 3.8) is 0 Å². The highest BCUT2D eigenvalue weighted by molar-refractivity contribution is 6.12. The molecule has 3 aromatic rings. The minimum Gasteiger partial charge on any atom is -0.356 e. The van der Waals surface area contributed by atoms with E-state index in [1.54, 1.807) is 42.5 Å². The number of aryl methyl sites for hydroxylation is 1. The van der Waals surface area contributed by atoms with Crippen LogP contribution in [0.1, 0.15) is 38.3 Å². The molecule has 2 amide bonds. The van der Waals surface area contributed by atoms with Crippen LogP contribution in [0.5, 0.6) is 0 Å². The van der Waals surface area contributed by atoms with Gasteiger partial charge in [-0.2, -0.15) is 0 Å². The molecule has 0 unspecified atom stereocenters. The summed E-state index contributed by atoms with van der Waals surface area (Å²) in [5, 5.41) is 13.6. The lowest BCUT2D eigenvalue weighted by Crippen LogP contribution is -2.42. The first-order chi connectivity index (χ1) is 15.4. The van der Waals surface area contributed by atoms with Gasteiger partial charge in [0.05, 0.1) is 16.8 Å². The number of anilines is 2. The number of carbonyl (C=O) groups is 2. The molecule has 0 atom stereocenters. The van der Waals surface area contributed by atoms with Crippen molar-refractivity contribution in [2.45, 2.75) is 13.3 Å². The van der Waals surface area contributed by atoms with Gasteiger partial charge in [0.1, 0.15) is 11.7 Å². The average molecular weight is 430 g/mol. The molecule has 162 valence electrons. The van der Waals surface area contributed by atoms with Crippen LogP contribution in [-0.4, -0.2) is 35.6 Å². The number of hydrogen-bond donors (Lipinski definition) is 3. The van der Waals surface area contributed by atoms with Crippen LogP contribution in [0.3, 0.4) is 0 Å². The van der Waals surface area contributed by atoms with E-state index in [2.05, 4.69) is 10.6 Å². The molecule has 0 spiro atoms. The third kappa shape index (κ3) is 4.51. The van der Waals surface area contributed by atoms with Crippen LogP contribution < -0.4 is 10.6 Å². The molecule has 0 radical (unpaired) electrons. The molecule has 4 rings (SSSR count). The Labute approximate surface area is 185 Å². The van der Waals surface area contributed by atoms with Gasteiger partial charge in [-0.15, -0.1) is 0 Å². The van der Waals surface area contributed by atoms with Crippen molar-refractivity contribution in [1.29, 1.82) is 5.41 Å². The second-order valence-electron chi connectivity index (χ2n) is 7.70. The molecule has 0 aromatic heterocycles. The van der Waals surface area contributed by atoms with E-state index in [1.165, 1.54) is 12.1 Å². The number of halogens is 1. The average Bonchev–Trinajstić information content (AvgIpc) is 2.74. The zero-order valence-corrected chi connectivity index (χ0v) is 17.6. The maximum atomic E-state index is 14.7. The Kier molecular flexibility index (Phi) is 5.98. The maximum absolute atomic E-state index is 14.7. The van der Waals surface area contributed by atoms with E-state index in [9.17, 15) is 14.0 Å². The molecule has 6 nitrogen and oxygen atoms in total. The third-order valence-corrected chi connectivity index (χ3v) is 5.39. The number of hydrogen-bond acceptors (Lipinski definition) is 3. The first-order valence-electron chi connectivity index (χ1n) is 10.3. The van der Waals surface area contributed by atoms with Crippen LogP contribution in [0.4, 0.5) is 15.8 Å². The minimum atomic E-state index is -0.716. The highest BCUT2D eigenvalue weighted by atomic mass is 19.1. The monoisotopic (exact) mass is 430 g/mol. The Morgan fingerprint density at radius 1 is 0.906 bits per heavy atom. The summed E-state index contributed by atoms with van der Waals surface area (Å²) in [4.78, 5) is 27.3. The summed E-state index contributed by atoms with van der Waals surface area (Å²) < 4.78 is 14.7. The molecule has 7 heteroatoms. The second kappa shape index (κ2) is 9.01. The van der Waals surface area contributed by atoms with Crippen molar-refractivity contribution in [2.24, 2.45) is 0 Å². The van der Waals surface area contributed by atoms with E-state index in [0.29, 0.717) is 11.3 Å². The van der Waals surface area contributed by atoms with E-state index >= 15 is 0 Å². The SMILES string of the molecule is Cc1ccc(NC(=O)c2ccccc2NC(=O)c2ccc(C(=N)N3CCC3)cc2F)cc1. The maximum Gasteiger partial charge on any atom is 0.258 e. The first kappa shape index (κ1) is 21.2. The molecule has 1 saturated heterocycles. The Bertz CT molecular complexity index is 1190. The van der Waals surface area contributed by atoms with E-state index in [1.807, 2.05) is 24.0 Å². The van der Waals surface area contributed by atoms with E-state index in [4.69, 9.17) is 5.41 Å². The zero-order chi connectivity index (χ0) is 22.7. The van der Waals surface area contributed by atoms with Crippen molar-refractivity contribution < 1.29 is 14.0 Å². The zero-order valence-electron chi connectivity index (χ0n) is 17.6. The van der Waals surface area contributed by atoms with Gasteiger partial charge in [0.15, 0.2) is 0 Å². The molecule has 0 bridgehead atoms. The van der Waals surface area contributed by atoms with Gasteiger partial charge in [0, 0.05) is 24.3 Å². The van der Waals surface area contributed by atoms with Gasteiger partial charge in [-0.3, -0.25) is 15.0 Å². The summed E-state index contributed by atoms with van der Waals surface area (Å²) in [6.07, 6.45) is 1.02. The molecule has 0 aliphatic carbocycles. The Morgan fingerprint density at radius 2 is 1.59 bits per heavy atom. The lowest BCUT2D eigenvalue weighted by molar-refractivity contribution is 0.102. The molecule has 1 aliphatic rings. The fourth-order valence-corrected chi connectivity index (χ4v) is 3.38. The number of para-hydroxylation sites is 1. The molecular weight excluding hydrogens is 407 g/mol. The number of benzene rings is 3. The van der Waals surface area contributed by atoms with Gasteiger partial charge >= 0.3 is 0 Å².